The smallest absolute Gasteiger partial charge is 0.0125 e. The number of likely N-dealkylation sites (tertiary alicyclic amines) is 4. The number of hydrogen-bond donors (Lipinski definition) is 0. The predicted molar refractivity (Wildman–Crippen MR) is 254 cm³/mol. The Kier molecular flexibility index (Phi) is 29.2. The zero-order chi connectivity index (χ0) is 44.2. The largest absolute Gasteiger partial charge is 0.298 e. The maximum Gasteiger partial charge on any atom is 0.0125 e. The highest BCUT2D eigenvalue weighted by Gasteiger charge is 2.39. The van der Waals surface area contributed by atoms with Gasteiger partial charge in [-0.15, -0.1) is 0 Å². The molecule has 0 radical (unpaired) electrons. The minimum atomic E-state index is 0.362. The summed E-state index contributed by atoms with van der Waals surface area (Å²) in [6.45, 7) is 72.8. The predicted octanol–water partition coefficient (Wildman–Crippen LogP) is 15.0. The summed E-state index contributed by atoms with van der Waals surface area (Å²) in [5.41, 5.74) is 3.77. The molecule has 4 aliphatic rings. The second kappa shape index (κ2) is 26.0. The van der Waals surface area contributed by atoms with Crippen LogP contribution < -0.4 is 0 Å². The third kappa shape index (κ3) is 27.5. The maximum absolute atomic E-state index is 2.63. The van der Waals surface area contributed by atoms with E-state index in [-0.39, 0.29) is 0 Å². The molecule has 0 amide bonds. The fourth-order valence-electron chi connectivity index (χ4n) is 7.02. The minimum Gasteiger partial charge on any atom is -0.298 e. The van der Waals surface area contributed by atoms with Gasteiger partial charge in [0.1, 0.15) is 0 Å². The minimum absolute atomic E-state index is 0.362. The van der Waals surface area contributed by atoms with Gasteiger partial charge >= 0.3 is 0 Å². The van der Waals surface area contributed by atoms with Crippen molar-refractivity contribution in [3.05, 3.63) is 0 Å². The van der Waals surface area contributed by atoms with Crippen LogP contribution in [-0.4, -0.2) is 94.1 Å². The average molecular weight is 769 g/mol. The Morgan fingerprint density at radius 1 is 0.278 bits per heavy atom. The van der Waals surface area contributed by atoms with Crippen molar-refractivity contribution in [3.8, 4) is 0 Å². The summed E-state index contributed by atoms with van der Waals surface area (Å²) < 4.78 is 0. The molecule has 54 heavy (non-hydrogen) atoms. The fourth-order valence-corrected chi connectivity index (χ4v) is 7.02. The van der Waals surface area contributed by atoms with E-state index in [4.69, 9.17) is 0 Å². The van der Waals surface area contributed by atoms with Crippen molar-refractivity contribution >= 4 is 0 Å². The quantitative estimate of drug-likeness (QED) is 0.243. The lowest BCUT2D eigenvalue weighted by Crippen LogP contribution is -2.60. The van der Waals surface area contributed by atoms with E-state index < -0.39 is 0 Å². The first kappa shape index (κ1) is 60.5. The maximum atomic E-state index is 2.63. The summed E-state index contributed by atoms with van der Waals surface area (Å²) in [6.07, 6.45) is 8.16. The zero-order valence-corrected chi connectivity index (χ0v) is 43.7. The third-order valence-electron chi connectivity index (χ3n) is 11.2. The Morgan fingerprint density at radius 2 is 0.519 bits per heavy atom. The molecule has 0 aromatic carbocycles. The first-order chi connectivity index (χ1) is 24.2. The normalized spacial score (nSPS) is 22.4. The molecule has 0 atom stereocenters. The van der Waals surface area contributed by atoms with Gasteiger partial charge in [0.2, 0.25) is 0 Å². The molecule has 4 nitrogen and oxygen atoms in total. The number of piperidine rings is 1. The van der Waals surface area contributed by atoms with E-state index in [9.17, 15) is 0 Å². The summed E-state index contributed by atoms with van der Waals surface area (Å²) in [7, 11) is 0. The van der Waals surface area contributed by atoms with Crippen LogP contribution in [0.15, 0.2) is 0 Å². The Hall–Kier alpha value is -0.160. The second-order valence-electron chi connectivity index (χ2n) is 22.7. The summed E-state index contributed by atoms with van der Waals surface area (Å²) in [5, 5.41) is 0. The number of nitrogens with zero attached hydrogens (tertiary/aromatic N) is 4. The molecule has 4 rings (SSSR count). The van der Waals surface area contributed by atoms with E-state index in [1.165, 1.54) is 90.9 Å². The molecule has 4 fully saturated rings. The molecule has 0 aliphatic carbocycles. The molecule has 0 bridgehead atoms. The molecule has 4 heterocycles. The van der Waals surface area contributed by atoms with Crippen LogP contribution in [-0.2, 0) is 0 Å². The van der Waals surface area contributed by atoms with Crippen molar-refractivity contribution in [1.82, 2.24) is 19.6 Å². The molecule has 332 valence electrons. The van der Waals surface area contributed by atoms with Gasteiger partial charge in [0.15, 0.2) is 0 Å². The van der Waals surface area contributed by atoms with Crippen molar-refractivity contribution in [2.75, 3.05) is 52.4 Å². The Labute approximate surface area is 347 Å². The highest BCUT2D eigenvalue weighted by atomic mass is 15.3. The van der Waals surface area contributed by atoms with E-state index in [1.54, 1.807) is 0 Å². The summed E-state index contributed by atoms with van der Waals surface area (Å²) >= 11 is 0. The van der Waals surface area contributed by atoms with Gasteiger partial charge in [-0.3, -0.25) is 19.6 Å². The van der Waals surface area contributed by atoms with Crippen molar-refractivity contribution in [2.24, 2.45) is 21.7 Å². The van der Waals surface area contributed by atoms with E-state index in [1.807, 2.05) is 55.4 Å². The van der Waals surface area contributed by atoms with Crippen LogP contribution in [0, 0.1) is 21.7 Å². The lowest BCUT2D eigenvalue weighted by molar-refractivity contribution is -0.0366. The van der Waals surface area contributed by atoms with Crippen LogP contribution in [0.1, 0.15) is 232 Å². The van der Waals surface area contributed by atoms with E-state index in [0.717, 1.165) is 0 Å². The van der Waals surface area contributed by atoms with Crippen molar-refractivity contribution in [1.29, 1.82) is 0 Å². The highest BCUT2D eigenvalue weighted by molar-refractivity contribution is 4.94. The van der Waals surface area contributed by atoms with Gasteiger partial charge in [-0.2, -0.15) is 0 Å². The van der Waals surface area contributed by atoms with Gasteiger partial charge in [-0.25, -0.2) is 0 Å². The summed E-state index contributed by atoms with van der Waals surface area (Å²) in [5.74, 6) is 0. The molecule has 4 aliphatic heterocycles. The lowest BCUT2D eigenvalue weighted by Gasteiger charge is -2.52. The van der Waals surface area contributed by atoms with Crippen LogP contribution in [0.4, 0.5) is 0 Å². The standard InChI is InChI=1S/C12H25N.C11H23N.C10H21N.C9H19N.4C2H6/c1-11(2,3)13-9-6-7-12(4,5)8-10-13;1-10(2,3)12-8-6-11(4,5)7-9-12;1-9(2,3)11-7-6-10(4,5)8-11;1-8(2,3)10-6-9(4,5)7-10;4*1-2/h6-10H2,1-5H3;6-9H2,1-5H3;6-8H2,1-5H3;6-7H2,1-5H3;4*1-2H3. The molecular weight excluding hydrogens is 657 g/mol. The lowest BCUT2D eigenvalue weighted by atomic mass is 9.81. The third-order valence-corrected chi connectivity index (χ3v) is 11.2. The highest BCUT2D eigenvalue weighted by Crippen LogP contribution is 2.35. The SMILES string of the molecule is CC.CC.CC.CC.CC1(C)CCCN(C(C)(C)C)CC1.CC1(C)CCN(C(C)(C)C)C1.CC1(C)CCN(C(C)(C)C)CC1.CC1(C)CN(C(C)(C)C)C1. The van der Waals surface area contributed by atoms with E-state index in [2.05, 4.69) is 158 Å². The molecular formula is C50H112N4. The molecule has 0 spiro atoms. The van der Waals surface area contributed by atoms with Gasteiger partial charge in [0.25, 0.3) is 0 Å². The fraction of sp³-hybridized carbons (Fsp3) is 1.00. The summed E-state index contributed by atoms with van der Waals surface area (Å²) in [4.78, 5) is 10.3. The molecule has 0 N–H and O–H groups in total. The molecule has 0 aromatic rings. The first-order valence-corrected chi connectivity index (χ1v) is 23.3. The molecule has 0 aromatic heterocycles. The van der Waals surface area contributed by atoms with E-state index in [0.29, 0.717) is 43.8 Å². The van der Waals surface area contributed by atoms with Crippen LogP contribution in [0.2, 0.25) is 0 Å². The number of rotatable bonds is 0. The average Bonchev–Trinajstić information content (AvgIpc) is 3.30. The Balaban J connectivity index is -0.000000291. The van der Waals surface area contributed by atoms with Crippen molar-refractivity contribution in [3.63, 3.8) is 0 Å². The van der Waals surface area contributed by atoms with Gasteiger partial charge in [0.05, 0.1) is 0 Å². The molecule has 4 saturated heterocycles. The molecule has 0 unspecified atom stereocenters. The van der Waals surface area contributed by atoms with Gasteiger partial charge in [-0.05, 0) is 176 Å². The zero-order valence-electron chi connectivity index (χ0n) is 43.7. The van der Waals surface area contributed by atoms with Gasteiger partial charge < -0.3 is 0 Å². The van der Waals surface area contributed by atoms with Crippen LogP contribution in [0.25, 0.3) is 0 Å². The van der Waals surface area contributed by atoms with Crippen LogP contribution in [0.5, 0.6) is 0 Å². The second-order valence-corrected chi connectivity index (χ2v) is 22.7. The number of hydrogen-bond acceptors (Lipinski definition) is 4. The van der Waals surface area contributed by atoms with Crippen LogP contribution in [0.3, 0.4) is 0 Å². The van der Waals surface area contributed by atoms with Crippen molar-refractivity contribution in [2.45, 2.75) is 255 Å². The van der Waals surface area contributed by atoms with Crippen LogP contribution >= 0.6 is 0 Å². The summed E-state index contributed by atoms with van der Waals surface area (Å²) in [6, 6.07) is 0. The topological polar surface area (TPSA) is 13.0 Å². The first-order valence-electron chi connectivity index (χ1n) is 23.3. The van der Waals surface area contributed by atoms with E-state index >= 15 is 0 Å². The van der Waals surface area contributed by atoms with Gasteiger partial charge in [0, 0.05) is 41.8 Å². The molecule has 0 saturated carbocycles. The molecule has 4 heteroatoms. The Morgan fingerprint density at radius 3 is 0.741 bits per heavy atom. The monoisotopic (exact) mass is 769 g/mol. The Bertz CT molecular complexity index is 868. The van der Waals surface area contributed by atoms with Gasteiger partial charge in [-0.1, -0.05) is 111 Å². The van der Waals surface area contributed by atoms with Crippen molar-refractivity contribution < 1.29 is 0 Å².